The Morgan fingerprint density at radius 3 is 2.80 bits per heavy atom. The fourth-order valence-corrected chi connectivity index (χ4v) is 2.78. The van der Waals surface area contributed by atoms with Crippen molar-refractivity contribution in [3.63, 3.8) is 0 Å². The number of thiocarbonyl (C=S) groups is 1. The maximum absolute atomic E-state index is 5.85. The average molecular weight is 391 g/mol. The molecule has 0 amide bonds. The van der Waals surface area contributed by atoms with Crippen LogP contribution in [0.2, 0.25) is 5.02 Å². The molecule has 0 aliphatic rings. The van der Waals surface area contributed by atoms with Crippen molar-refractivity contribution < 1.29 is 4.42 Å². The SMILES string of the molecule is NC(=S)N/N=C\c1cc(Br)c(Sc2ccc(Cl)cc2)o1. The van der Waals surface area contributed by atoms with E-state index in [1.54, 1.807) is 0 Å². The Kier molecular flexibility index (Phi) is 5.47. The third-order valence-corrected chi connectivity index (χ3v) is 4.26. The molecule has 8 heteroatoms. The minimum absolute atomic E-state index is 0.0997. The van der Waals surface area contributed by atoms with Crippen molar-refractivity contribution in [2.24, 2.45) is 10.8 Å². The highest BCUT2D eigenvalue weighted by Crippen LogP contribution is 2.35. The Hall–Kier alpha value is -1.02. The van der Waals surface area contributed by atoms with Crippen LogP contribution in [0.25, 0.3) is 0 Å². The van der Waals surface area contributed by atoms with Crippen molar-refractivity contribution in [1.29, 1.82) is 0 Å². The molecule has 0 saturated carbocycles. The summed E-state index contributed by atoms with van der Waals surface area (Å²) < 4.78 is 6.48. The maximum atomic E-state index is 5.85. The Morgan fingerprint density at radius 1 is 1.45 bits per heavy atom. The summed E-state index contributed by atoms with van der Waals surface area (Å²) in [5.74, 6) is 0.581. The molecule has 0 spiro atoms. The molecular formula is C12H9BrClN3OS2. The molecule has 4 nitrogen and oxygen atoms in total. The summed E-state index contributed by atoms with van der Waals surface area (Å²) in [7, 11) is 0. The minimum atomic E-state index is 0.0997. The van der Waals surface area contributed by atoms with E-state index in [-0.39, 0.29) is 5.11 Å². The van der Waals surface area contributed by atoms with E-state index in [2.05, 4.69) is 38.7 Å². The van der Waals surface area contributed by atoms with E-state index in [0.29, 0.717) is 10.8 Å². The van der Waals surface area contributed by atoms with Gasteiger partial charge in [0.05, 0.1) is 10.7 Å². The second-order valence-electron chi connectivity index (χ2n) is 3.57. The zero-order valence-corrected chi connectivity index (χ0v) is 13.9. The van der Waals surface area contributed by atoms with Crippen LogP contribution in [0, 0.1) is 0 Å². The average Bonchev–Trinajstić information content (AvgIpc) is 2.72. The number of hydrogen-bond acceptors (Lipinski definition) is 4. The largest absolute Gasteiger partial charge is 0.447 e. The van der Waals surface area contributed by atoms with Gasteiger partial charge in [-0.3, -0.25) is 5.43 Å². The number of halogens is 2. The molecule has 1 aromatic heterocycles. The number of furan rings is 1. The van der Waals surface area contributed by atoms with Crippen LogP contribution in [-0.2, 0) is 0 Å². The van der Waals surface area contributed by atoms with Gasteiger partial charge in [-0.1, -0.05) is 23.4 Å². The molecule has 0 aliphatic carbocycles. The Labute approximate surface area is 138 Å². The quantitative estimate of drug-likeness (QED) is 0.469. The van der Waals surface area contributed by atoms with Gasteiger partial charge in [0.1, 0.15) is 5.76 Å². The number of rotatable bonds is 4. The van der Waals surface area contributed by atoms with Gasteiger partial charge in [0, 0.05) is 16.0 Å². The van der Waals surface area contributed by atoms with Crippen LogP contribution in [0.5, 0.6) is 0 Å². The number of nitrogens with one attached hydrogen (secondary N) is 1. The third kappa shape index (κ3) is 4.52. The topological polar surface area (TPSA) is 63.5 Å². The van der Waals surface area contributed by atoms with Crippen LogP contribution in [0.1, 0.15) is 5.76 Å². The molecule has 0 atom stereocenters. The molecule has 0 radical (unpaired) electrons. The number of hydrogen-bond donors (Lipinski definition) is 2. The molecule has 1 heterocycles. The standard InChI is InChI=1S/C12H9BrClN3OS2/c13-10-5-8(6-16-17-12(15)19)18-11(10)20-9-3-1-7(14)2-4-9/h1-6H,(H3,15,17,19)/b16-6-. The van der Waals surface area contributed by atoms with E-state index < -0.39 is 0 Å². The van der Waals surface area contributed by atoms with Gasteiger partial charge >= 0.3 is 0 Å². The van der Waals surface area contributed by atoms with Crippen LogP contribution in [0.3, 0.4) is 0 Å². The lowest BCUT2D eigenvalue weighted by atomic mass is 10.4. The zero-order valence-electron chi connectivity index (χ0n) is 9.97. The van der Waals surface area contributed by atoms with Crippen molar-refractivity contribution in [2.75, 3.05) is 0 Å². The first-order valence-corrected chi connectivity index (χ1v) is 7.75. The summed E-state index contributed by atoms with van der Waals surface area (Å²) in [6.45, 7) is 0. The Balaban J connectivity index is 2.09. The van der Waals surface area contributed by atoms with E-state index in [0.717, 1.165) is 14.5 Å². The lowest BCUT2D eigenvalue weighted by Gasteiger charge is -1.98. The molecule has 20 heavy (non-hydrogen) atoms. The molecule has 2 rings (SSSR count). The number of hydrazone groups is 1. The molecule has 3 N–H and O–H groups in total. The predicted molar refractivity (Wildman–Crippen MR) is 89.5 cm³/mol. The van der Waals surface area contributed by atoms with Crippen LogP contribution < -0.4 is 11.2 Å². The van der Waals surface area contributed by atoms with E-state index in [4.69, 9.17) is 21.8 Å². The van der Waals surface area contributed by atoms with Crippen molar-refractivity contribution in [3.8, 4) is 0 Å². The summed E-state index contributed by atoms with van der Waals surface area (Å²) in [6.07, 6.45) is 1.50. The lowest BCUT2D eigenvalue weighted by Crippen LogP contribution is -2.23. The van der Waals surface area contributed by atoms with Crippen molar-refractivity contribution in [3.05, 3.63) is 45.6 Å². The van der Waals surface area contributed by atoms with Gasteiger partial charge in [0.15, 0.2) is 10.2 Å². The van der Waals surface area contributed by atoms with Gasteiger partial charge < -0.3 is 10.2 Å². The molecule has 1 aromatic carbocycles. The molecule has 0 fully saturated rings. The summed E-state index contributed by atoms with van der Waals surface area (Å²) in [5, 5.41) is 5.36. The third-order valence-electron chi connectivity index (χ3n) is 2.07. The van der Waals surface area contributed by atoms with E-state index >= 15 is 0 Å². The Morgan fingerprint density at radius 2 is 2.15 bits per heavy atom. The smallest absolute Gasteiger partial charge is 0.184 e. The number of benzene rings is 1. The molecule has 2 aromatic rings. The van der Waals surface area contributed by atoms with Gasteiger partial charge in [0.2, 0.25) is 0 Å². The second-order valence-corrected chi connectivity index (χ2v) is 6.35. The number of nitrogens with zero attached hydrogens (tertiary/aromatic N) is 1. The first-order valence-electron chi connectivity index (χ1n) is 5.36. The lowest BCUT2D eigenvalue weighted by molar-refractivity contribution is 0.466. The van der Waals surface area contributed by atoms with Crippen LogP contribution in [0.15, 0.2) is 54.3 Å². The van der Waals surface area contributed by atoms with Gasteiger partial charge in [0.25, 0.3) is 0 Å². The van der Waals surface area contributed by atoms with Gasteiger partial charge in [-0.2, -0.15) is 5.10 Å². The second kappa shape index (κ2) is 7.12. The van der Waals surface area contributed by atoms with E-state index in [1.165, 1.54) is 18.0 Å². The monoisotopic (exact) mass is 389 g/mol. The molecule has 104 valence electrons. The molecule has 0 bridgehead atoms. The minimum Gasteiger partial charge on any atom is -0.447 e. The fraction of sp³-hybridized carbons (Fsp3) is 0. The van der Waals surface area contributed by atoms with Crippen LogP contribution in [0.4, 0.5) is 0 Å². The van der Waals surface area contributed by atoms with Crippen LogP contribution >= 0.6 is 51.5 Å². The van der Waals surface area contributed by atoms with Crippen molar-refractivity contribution >= 4 is 62.8 Å². The summed E-state index contributed by atoms with van der Waals surface area (Å²) in [6, 6.07) is 9.31. The molecular weight excluding hydrogens is 382 g/mol. The van der Waals surface area contributed by atoms with Crippen LogP contribution in [-0.4, -0.2) is 11.3 Å². The molecule has 0 saturated heterocycles. The van der Waals surface area contributed by atoms with Gasteiger partial charge in [-0.15, -0.1) is 0 Å². The van der Waals surface area contributed by atoms with Crippen molar-refractivity contribution in [1.82, 2.24) is 5.43 Å². The summed E-state index contributed by atoms with van der Waals surface area (Å²) >= 11 is 15.4. The molecule has 0 aliphatic heterocycles. The highest BCUT2D eigenvalue weighted by Gasteiger charge is 2.09. The maximum Gasteiger partial charge on any atom is 0.184 e. The predicted octanol–water partition coefficient (Wildman–Crippen LogP) is 4.01. The summed E-state index contributed by atoms with van der Waals surface area (Å²) in [4.78, 5) is 1.02. The number of nitrogens with two attached hydrogens (primary N) is 1. The van der Waals surface area contributed by atoms with Crippen molar-refractivity contribution in [2.45, 2.75) is 9.99 Å². The first-order chi connectivity index (χ1) is 9.54. The molecule has 0 unspecified atom stereocenters. The van der Waals surface area contributed by atoms with E-state index in [9.17, 15) is 0 Å². The van der Waals surface area contributed by atoms with Gasteiger partial charge in [-0.05, 0) is 52.4 Å². The Bertz CT molecular complexity index is 643. The van der Waals surface area contributed by atoms with Gasteiger partial charge in [-0.25, -0.2) is 0 Å². The fourth-order valence-electron chi connectivity index (χ4n) is 1.27. The summed E-state index contributed by atoms with van der Waals surface area (Å²) in [5.41, 5.74) is 7.72. The first kappa shape index (κ1) is 15.4. The highest BCUT2D eigenvalue weighted by atomic mass is 79.9. The highest BCUT2D eigenvalue weighted by molar-refractivity contribution is 9.10. The normalized spacial score (nSPS) is 10.9. The zero-order chi connectivity index (χ0) is 14.5. The van der Waals surface area contributed by atoms with E-state index in [1.807, 2.05) is 30.3 Å².